The molecule has 14 heavy (non-hydrogen) atoms. The molecule has 1 atom stereocenters. The minimum absolute atomic E-state index is 0.123. The highest BCUT2D eigenvalue weighted by atomic mass is 32.2. The fourth-order valence-electron chi connectivity index (χ4n) is 0.587. The van der Waals surface area contributed by atoms with Gasteiger partial charge in [0.1, 0.15) is 0 Å². The van der Waals surface area contributed by atoms with E-state index in [4.69, 9.17) is 5.11 Å². The van der Waals surface area contributed by atoms with Crippen LogP contribution in [0.5, 0.6) is 0 Å². The van der Waals surface area contributed by atoms with Crippen molar-refractivity contribution in [3.63, 3.8) is 0 Å². The molecule has 0 heterocycles. The Labute approximate surface area is 90.5 Å². The van der Waals surface area contributed by atoms with Gasteiger partial charge in [-0.1, -0.05) is 0 Å². The fourth-order valence-corrected chi connectivity index (χ4v) is 1.94. The van der Waals surface area contributed by atoms with Gasteiger partial charge in [-0.25, -0.2) is 13.1 Å². The molecule has 0 radical (unpaired) electrons. The standard InChI is InChI=1S/C8H19NO3S2/c1-7(5-10)14(11,12)9-6-8(2,3)13-4/h7,9-10H,5-6H2,1-4H3. The molecule has 0 aliphatic rings. The summed E-state index contributed by atoms with van der Waals surface area (Å²) in [7, 11) is -3.37. The van der Waals surface area contributed by atoms with Crippen LogP contribution in [0.2, 0.25) is 0 Å². The second-order valence-electron chi connectivity index (χ2n) is 3.82. The Morgan fingerprint density at radius 3 is 2.36 bits per heavy atom. The van der Waals surface area contributed by atoms with Gasteiger partial charge in [-0.3, -0.25) is 0 Å². The van der Waals surface area contributed by atoms with Crippen molar-refractivity contribution in [1.82, 2.24) is 4.72 Å². The zero-order valence-corrected chi connectivity index (χ0v) is 10.7. The average molecular weight is 241 g/mol. The molecule has 0 bridgehead atoms. The molecule has 0 spiro atoms. The number of sulfonamides is 1. The van der Waals surface area contributed by atoms with Crippen LogP contribution in [-0.4, -0.2) is 42.9 Å². The van der Waals surface area contributed by atoms with E-state index in [0.717, 1.165) is 0 Å². The van der Waals surface area contributed by atoms with E-state index in [2.05, 4.69) is 4.72 Å². The van der Waals surface area contributed by atoms with E-state index in [9.17, 15) is 8.42 Å². The number of hydrogen-bond acceptors (Lipinski definition) is 4. The third kappa shape index (κ3) is 4.63. The number of aliphatic hydroxyl groups excluding tert-OH is 1. The Bertz CT molecular complexity index is 262. The highest BCUT2D eigenvalue weighted by Gasteiger charge is 2.23. The van der Waals surface area contributed by atoms with E-state index in [1.165, 1.54) is 6.92 Å². The van der Waals surface area contributed by atoms with Crippen molar-refractivity contribution in [2.75, 3.05) is 19.4 Å². The van der Waals surface area contributed by atoms with Crippen LogP contribution in [0.25, 0.3) is 0 Å². The summed E-state index contributed by atoms with van der Waals surface area (Å²) < 4.78 is 25.3. The molecule has 0 aromatic carbocycles. The number of thioether (sulfide) groups is 1. The first kappa shape index (κ1) is 14.2. The monoisotopic (exact) mass is 241 g/mol. The van der Waals surface area contributed by atoms with E-state index in [-0.39, 0.29) is 11.4 Å². The van der Waals surface area contributed by atoms with Gasteiger partial charge in [-0.15, -0.1) is 0 Å². The minimum Gasteiger partial charge on any atom is -0.395 e. The lowest BCUT2D eigenvalue weighted by Gasteiger charge is -2.23. The molecule has 0 fully saturated rings. The topological polar surface area (TPSA) is 66.4 Å². The third-order valence-electron chi connectivity index (χ3n) is 2.04. The summed E-state index contributed by atoms with van der Waals surface area (Å²) in [4.78, 5) is 0. The summed E-state index contributed by atoms with van der Waals surface area (Å²) in [5.74, 6) is 0. The van der Waals surface area contributed by atoms with Crippen molar-refractivity contribution in [1.29, 1.82) is 0 Å². The molecule has 0 aliphatic heterocycles. The molecule has 1 unspecified atom stereocenters. The maximum Gasteiger partial charge on any atom is 0.216 e. The molecular formula is C8H19NO3S2. The SMILES string of the molecule is CSC(C)(C)CNS(=O)(=O)C(C)CO. The van der Waals surface area contributed by atoms with Gasteiger partial charge in [-0.2, -0.15) is 11.8 Å². The van der Waals surface area contributed by atoms with Crippen molar-refractivity contribution < 1.29 is 13.5 Å². The summed E-state index contributed by atoms with van der Waals surface area (Å²) in [5.41, 5.74) is 0. The predicted molar refractivity (Wildman–Crippen MR) is 61.1 cm³/mol. The smallest absolute Gasteiger partial charge is 0.216 e. The summed E-state index contributed by atoms with van der Waals surface area (Å²) in [5, 5.41) is 7.98. The van der Waals surface area contributed by atoms with E-state index >= 15 is 0 Å². The molecule has 0 saturated carbocycles. The number of nitrogens with one attached hydrogen (secondary N) is 1. The summed E-state index contributed by atoms with van der Waals surface area (Å²) in [6.07, 6.45) is 1.93. The summed E-state index contributed by atoms with van der Waals surface area (Å²) >= 11 is 1.60. The second-order valence-corrected chi connectivity index (χ2v) is 7.52. The lowest BCUT2D eigenvalue weighted by atomic mass is 10.2. The Kier molecular flexibility index (Phi) is 5.43. The Hall–Kier alpha value is 0.220. The van der Waals surface area contributed by atoms with E-state index < -0.39 is 15.3 Å². The van der Waals surface area contributed by atoms with Gasteiger partial charge in [0.2, 0.25) is 10.0 Å². The molecule has 6 heteroatoms. The zero-order chi connectivity index (χ0) is 11.4. The molecule has 0 aromatic heterocycles. The Morgan fingerprint density at radius 1 is 1.50 bits per heavy atom. The number of hydrogen-bond donors (Lipinski definition) is 2. The number of rotatable bonds is 6. The van der Waals surface area contributed by atoms with E-state index in [1.807, 2.05) is 20.1 Å². The third-order valence-corrected chi connectivity index (χ3v) is 5.04. The fraction of sp³-hybridized carbons (Fsp3) is 1.00. The molecule has 4 nitrogen and oxygen atoms in total. The van der Waals surface area contributed by atoms with Gasteiger partial charge in [0.05, 0.1) is 11.9 Å². The van der Waals surface area contributed by atoms with Crippen LogP contribution in [0.4, 0.5) is 0 Å². The van der Waals surface area contributed by atoms with Crippen molar-refractivity contribution >= 4 is 21.8 Å². The van der Waals surface area contributed by atoms with E-state index in [1.54, 1.807) is 11.8 Å². The van der Waals surface area contributed by atoms with Crippen molar-refractivity contribution in [2.24, 2.45) is 0 Å². The van der Waals surface area contributed by atoms with Crippen LogP contribution in [0.15, 0.2) is 0 Å². The van der Waals surface area contributed by atoms with Gasteiger partial charge in [0.25, 0.3) is 0 Å². The number of aliphatic hydroxyl groups is 1. The Morgan fingerprint density at radius 2 is 2.00 bits per heavy atom. The molecule has 0 amide bonds. The molecule has 2 N–H and O–H groups in total. The molecule has 0 rings (SSSR count). The van der Waals surface area contributed by atoms with Gasteiger partial charge in [0, 0.05) is 11.3 Å². The molecular weight excluding hydrogens is 222 g/mol. The zero-order valence-electron chi connectivity index (χ0n) is 9.07. The predicted octanol–water partition coefficient (Wildman–Crippen LogP) is 0.428. The van der Waals surface area contributed by atoms with E-state index in [0.29, 0.717) is 6.54 Å². The second kappa shape index (κ2) is 5.34. The summed E-state index contributed by atoms with van der Waals surface area (Å²) in [6, 6.07) is 0. The highest BCUT2D eigenvalue weighted by molar-refractivity contribution is 8.00. The minimum atomic E-state index is -3.37. The van der Waals surface area contributed by atoms with Gasteiger partial charge in [0.15, 0.2) is 0 Å². The maximum absolute atomic E-state index is 11.4. The maximum atomic E-state index is 11.4. The molecule has 0 aliphatic carbocycles. The quantitative estimate of drug-likeness (QED) is 0.707. The van der Waals surface area contributed by atoms with Crippen LogP contribution >= 0.6 is 11.8 Å². The van der Waals surface area contributed by atoms with Gasteiger partial charge >= 0.3 is 0 Å². The van der Waals surface area contributed by atoms with Crippen LogP contribution in [-0.2, 0) is 10.0 Å². The van der Waals surface area contributed by atoms with Crippen LogP contribution in [0.3, 0.4) is 0 Å². The lowest BCUT2D eigenvalue weighted by molar-refractivity contribution is 0.294. The normalized spacial score (nSPS) is 15.5. The van der Waals surface area contributed by atoms with Crippen molar-refractivity contribution in [3.8, 4) is 0 Å². The van der Waals surface area contributed by atoms with Gasteiger partial charge in [-0.05, 0) is 27.0 Å². The molecule has 0 aromatic rings. The van der Waals surface area contributed by atoms with Gasteiger partial charge < -0.3 is 5.11 Å². The lowest BCUT2D eigenvalue weighted by Crippen LogP contribution is -2.41. The molecule has 86 valence electrons. The first-order valence-corrected chi connectivity index (χ1v) is 7.17. The largest absolute Gasteiger partial charge is 0.395 e. The molecule has 0 saturated heterocycles. The van der Waals surface area contributed by atoms with Crippen LogP contribution in [0.1, 0.15) is 20.8 Å². The Balaban J connectivity index is 4.27. The van der Waals surface area contributed by atoms with Crippen molar-refractivity contribution in [3.05, 3.63) is 0 Å². The highest BCUT2D eigenvalue weighted by Crippen LogP contribution is 2.20. The van der Waals surface area contributed by atoms with Crippen molar-refractivity contribution in [2.45, 2.75) is 30.8 Å². The first-order chi connectivity index (χ1) is 6.25. The first-order valence-electron chi connectivity index (χ1n) is 4.39. The van der Waals surface area contributed by atoms with Crippen LogP contribution < -0.4 is 4.72 Å². The van der Waals surface area contributed by atoms with Crippen LogP contribution in [0, 0.1) is 0 Å². The summed E-state index contributed by atoms with van der Waals surface area (Å²) in [6.45, 7) is 5.43. The average Bonchev–Trinajstić information content (AvgIpc) is 2.14.